The predicted molar refractivity (Wildman–Crippen MR) is 80.4 cm³/mol. The second kappa shape index (κ2) is 5.72. The SMILES string of the molecule is O=C(CSc1nc2nc[nH]c2c(=O)[nH]1)NC1CCS(=O)(=O)C1. The normalized spacial score (nSPS) is 20.3. The molecule has 1 amide bonds. The Balaban J connectivity index is 1.59. The number of H-pyrrole nitrogens is 2. The van der Waals surface area contributed by atoms with Crippen LogP contribution in [0.5, 0.6) is 0 Å². The summed E-state index contributed by atoms with van der Waals surface area (Å²) < 4.78 is 22.6. The lowest BCUT2D eigenvalue weighted by molar-refractivity contribution is -0.119. The lowest BCUT2D eigenvalue weighted by Crippen LogP contribution is -2.36. The van der Waals surface area contributed by atoms with Gasteiger partial charge >= 0.3 is 0 Å². The fourth-order valence-electron chi connectivity index (χ4n) is 2.20. The average molecular weight is 343 g/mol. The fourth-order valence-corrected chi connectivity index (χ4v) is 4.54. The second-order valence-corrected chi connectivity index (χ2v) is 8.12. The number of fused-ring (bicyclic) bond motifs is 1. The van der Waals surface area contributed by atoms with Gasteiger partial charge < -0.3 is 10.3 Å². The molecule has 0 radical (unpaired) electrons. The number of hydrogen-bond acceptors (Lipinski definition) is 7. The van der Waals surface area contributed by atoms with E-state index in [1.807, 2.05) is 0 Å². The lowest BCUT2D eigenvalue weighted by atomic mass is 10.3. The molecule has 2 aromatic rings. The molecule has 0 saturated carbocycles. The molecule has 0 bridgehead atoms. The molecule has 0 aliphatic carbocycles. The summed E-state index contributed by atoms with van der Waals surface area (Å²) in [5, 5.41) is 2.96. The van der Waals surface area contributed by atoms with Gasteiger partial charge in [-0.15, -0.1) is 0 Å². The number of rotatable bonds is 4. The van der Waals surface area contributed by atoms with Crippen LogP contribution in [0.3, 0.4) is 0 Å². The first-order valence-electron chi connectivity index (χ1n) is 6.49. The smallest absolute Gasteiger partial charge is 0.277 e. The maximum absolute atomic E-state index is 11.8. The maximum Gasteiger partial charge on any atom is 0.277 e. The Hall–Kier alpha value is -1.88. The van der Waals surface area contributed by atoms with Crippen LogP contribution in [-0.4, -0.2) is 57.6 Å². The first-order valence-corrected chi connectivity index (χ1v) is 9.30. The number of carbonyl (C=O) groups excluding carboxylic acids is 1. The van der Waals surface area contributed by atoms with Crippen molar-refractivity contribution in [1.29, 1.82) is 0 Å². The van der Waals surface area contributed by atoms with Crippen LogP contribution in [0, 0.1) is 0 Å². The summed E-state index contributed by atoms with van der Waals surface area (Å²) in [5.41, 5.74) is 0.214. The molecule has 1 fully saturated rings. The number of sulfone groups is 1. The van der Waals surface area contributed by atoms with E-state index in [2.05, 4.69) is 25.3 Å². The van der Waals surface area contributed by atoms with Gasteiger partial charge in [-0.05, 0) is 6.42 Å². The summed E-state index contributed by atoms with van der Waals surface area (Å²) in [7, 11) is -3.02. The standard InChI is InChI=1S/C11H13N5O4S2/c17-7(14-6-1-2-22(19,20)4-6)3-21-11-15-9-8(10(18)16-11)12-5-13-9/h5-6H,1-4H2,(H,14,17)(H2,12,13,15,16,18). The number of imidazole rings is 1. The second-order valence-electron chi connectivity index (χ2n) is 4.93. The highest BCUT2D eigenvalue weighted by Gasteiger charge is 2.28. The molecule has 118 valence electrons. The molecule has 9 nitrogen and oxygen atoms in total. The number of nitrogens with one attached hydrogen (secondary N) is 3. The largest absolute Gasteiger partial charge is 0.352 e. The molecule has 1 saturated heterocycles. The Labute approximate surface area is 129 Å². The number of aromatic nitrogens is 4. The summed E-state index contributed by atoms with van der Waals surface area (Å²) >= 11 is 1.06. The van der Waals surface area contributed by atoms with Crippen molar-refractivity contribution in [3.63, 3.8) is 0 Å². The first kappa shape index (κ1) is 15.0. The van der Waals surface area contributed by atoms with Gasteiger partial charge in [-0.3, -0.25) is 14.6 Å². The van der Waals surface area contributed by atoms with E-state index in [-0.39, 0.29) is 45.9 Å². The Bertz CT molecular complexity index is 872. The maximum atomic E-state index is 11.8. The van der Waals surface area contributed by atoms with E-state index in [0.29, 0.717) is 11.6 Å². The highest BCUT2D eigenvalue weighted by atomic mass is 32.2. The zero-order chi connectivity index (χ0) is 15.7. The summed E-state index contributed by atoms with van der Waals surface area (Å²) in [6, 6.07) is -0.334. The van der Waals surface area contributed by atoms with Crippen molar-refractivity contribution in [3.8, 4) is 0 Å². The van der Waals surface area contributed by atoms with Crippen LogP contribution in [0.15, 0.2) is 16.3 Å². The first-order chi connectivity index (χ1) is 10.4. The third-order valence-electron chi connectivity index (χ3n) is 3.21. The van der Waals surface area contributed by atoms with Crippen molar-refractivity contribution in [3.05, 3.63) is 16.7 Å². The summed E-state index contributed by atoms with van der Waals surface area (Å²) in [6.45, 7) is 0. The van der Waals surface area contributed by atoms with Crippen LogP contribution < -0.4 is 10.9 Å². The van der Waals surface area contributed by atoms with Gasteiger partial charge in [-0.25, -0.2) is 18.4 Å². The minimum Gasteiger partial charge on any atom is -0.352 e. The monoisotopic (exact) mass is 343 g/mol. The minimum absolute atomic E-state index is 0.0162. The van der Waals surface area contributed by atoms with Crippen molar-refractivity contribution >= 4 is 38.7 Å². The summed E-state index contributed by atoms with van der Waals surface area (Å²) in [4.78, 5) is 36.8. The van der Waals surface area contributed by atoms with E-state index in [1.54, 1.807) is 0 Å². The molecule has 22 heavy (non-hydrogen) atoms. The average Bonchev–Trinajstić information content (AvgIpc) is 3.03. The fraction of sp³-hybridized carbons (Fsp3) is 0.455. The van der Waals surface area contributed by atoms with Crippen molar-refractivity contribution in [2.24, 2.45) is 0 Å². The molecular formula is C11H13N5O4S2. The molecular weight excluding hydrogens is 330 g/mol. The summed E-state index contributed by atoms with van der Waals surface area (Å²) in [6.07, 6.45) is 1.81. The molecule has 0 spiro atoms. The quantitative estimate of drug-likeness (QED) is 0.480. The Morgan fingerprint density at radius 3 is 3.05 bits per heavy atom. The van der Waals surface area contributed by atoms with Gasteiger partial charge in [0.1, 0.15) is 0 Å². The van der Waals surface area contributed by atoms with Gasteiger partial charge in [-0.1, -0.05) is 11.8 Å². The number of nitrogens with zero attached hydrogens (tertiary/aromatic N) is 2. The van der Waals surface area contributed by atoms with Crippen LogP contribution in [-0.2, 0) is 14.6 Å². The molecule has 3 heterocycles. The van der Waals surface area contributed by atoms with Gasteiger partial charge in [-0.2, -0.15) is 0 Å². The zero-order valence-electron chi connectivity index (χ0n) is 11.3. The highest BCUT2D eigenvalue weighted by molar-refractivity contribution is 7.99. The third kappa shape index (κ3) is 3.30. The van der Waals surface area contributed by atoms with Gasteiger partial charge in [0.05, 0.1) is 23.6 Å². The molecule has 1 unspecified atom stereocenters. The van der Waals surface area contributed by atoms with Crippen LogP contribution in [0.25, 0.3) is 11.2 Å². The van der Waals surface area contributed by atoms with Crippen LogP contribution in [0.2, 0.25) is 0 Å². The van der Waals surface area contributed by atoms with E-state index >= 15 is 0 Å². The lowest BCUT2D eigenvalue weighted by Gasteiger charge is -2.10. The predicted octanol–water partition coefficient (Wildman–Crippen LogP) is -0.958. The van der Waals surface area contributed by atoms with Gasteiger partial charge in [0.15, 0.2) is 26.2 Å². The number of thioether (sulfide) groups is 1. The number of amides is 1. The molecule has 11 heteroatoms. The Morgan fingerprint density at radius 2 is 2.32 bits per heavy atom. The minimum atomic E-state index is -3.02. The van der Waals surface area contributed by atoms with Gasteiger partial charge in [0.2, 0.25) is 5.91 Å². The number of hydrogen-bond donors (Lipinski definition) is 3. The molecule has 1 atom stereocenters. The topological polar surface area (TPSA) is 138 Å². The van der Waals surface area contributed by atoms with Gasteiger partial charge in [0, 0.05) is 6.04 Å². The molecule has 3 rings (SSSR count). The van der Waals surface area contributed by atoms with E-state index in [0.717, 1.165) is 11.8 Å². The van der Waals surface area contributed by atoms with Crippen molar-refractivity contribution in [1.82, 2.24) is 25.3 Å². The Kier molecular flexibility index (Phi) is 3.91. The van der Waals surface area contributed by atoms with Crippen LogP contribution in [0.4, 0.5) is 0 Å². The number of aromatic amines is 2. The summed E-state index contributed by atoms with van der Waals surface area (Å²) in [5.74, 6) is -0.167. The van der Waals surface area contributed by atoms with E-state index in [4.69, 9.17) is 0 Å². The van der Waals surface area contributed by atoms with E-state index in [1.165, 1.54) is 6.33 Å². The highest BCUT2D eigenvalue weighted by Crippen LogP contribution is 2.14. The third-order valence-corrected chi connectivity index (χ3v) is 5.85. The molecule has 3 N–H and O–H groups in total. The molecule has 1 aliphatic rings. The molecule has 1 aliphatic heterocycles. The van der Waals surface area contributed by atoms with Crippen LogP contribution >= 0.6 is 11.8 Å². The van der Waals surface area contributed by atoms with Gasteiger partial charge in [0.25, 0.3) is 5.56 Å². The Morgan fingerprint density at radius 1 is 1.50 bits per heavy atom. The van der Waals surface area contributed by atoms with E-state index in [9.17, 15) is 18.0 Å². The molecule has 0 aromatic carbocycles. The van der Waals surface area contributed by atoms with Crippen LogP contribution in [0.1, 0.15) is 6.42 Å². The van der Waals surface area contributed by atoms with E-state index < -0.39 is 9.84 Å². The number of carbonyl (C=O) groups is 1. The zero-order valence-corrected chi connectivity index (χ0v) is 13.0. The van der Waals surface area contributed by atoms with Crippen molar-refractivity contribution in [2.75, 3.05) is 17.3 Å². The van der Waals surface area contributed by atoms with Crippen molar-refractivity contribution in [2.45, 2.75) is 17.6 Å². The molecule has 2 aromatic heterocycles. The van der Waals surface area contributed by atoms with Crippen molar-refractivity contribution < 1.29 is 13.2 Å².